The number of amides is 1. The van der Waals surface area contributed by atoms with Crippen molar-refractivity contribution in [2.24, 2.45) is 0 Å². The largest absolute Gasteiger partial charge is 0.472 e. The van der Waals surface area contributed by atoms with Gasteiger partial charge in [-0.3, -0.25) is 9.59 Å². The van der Waals surface area contributed by atoms with E-state index in [1.807, 2.05) is 62.4 Å². The maximum absolute atomic E-state index is 12.5. The standard InChI is InChI=1S/C26H23N3O3/c1-18-6-10-22(11-7-18)27-26(31)21-8-12-23(13-9-21)29-25(30)15-14-24(28-29)32-17-20-5-3-4-19(2)16-20/h3-16H,17H2,1-2H3,(H,27,31). The Morgan fingerprint density at radius 3 is 2.38 bits per heavy atom. The lowest BCUT2D eigenvalue weighted by Crippen LogP contribution is -2.20. The topological polar surface area (TPSA) is 73.2 Å². The molecule has 0 radical (unpaired) electrons. The van der Waals surface area contributed by atoms with Gasteiger partial charge in [-0.25, -0.2) is 0 Å². The Morgan fingerprint density at radius 2 is 1.66 bits per heavy atom. The van der Waals surface area contributed by atoms with Crippen LogP contribution in [0, 0.1) is 13.8 Å². The predicted molar refractivity (Wildman–Crippen MR) is 124 cm³/mol. The number of ether oxygens (including phenoxy) is 1. The van der Waals surface area contributed by atoms with Crippen LogP contribution in [0.25, 0.3) is 5.69 Å². The van der Waals surface area contributed by atoms with Crippen molar-refractivity contribution in [3.63, 3.8) is 0 Å². The number of nitrogens with one attached hydrogen (secondary N) is 1. The number of anilines is 1. The fraction of sp³-hybridized carbons (Fsp3) is 0.115. The van der Waals surface area contributed by atoms with Gasteiger partial charge in [0.15, 0.2) is 0 Å². The average molecular weight is 425 g/mol. The van der Waals surface area contributed by atoms with E-state index in [2.05, 4.69) is 10.4 Å². The number of aryl methyl sites for hydroxylation is 2. The van der Waals surface area contributed by atoms with Gasteiger partial charge in [-0.15, -0.1) is 5.10 Å². The first-order valence-corrected chi connectivity index (χ1v) is 10.3. The van der Waals surface area contributed by atoms with E-state index in [9.17, 15) is 9.59 Å². The predicted octanol–water partition coefficient (Wildman–Crippen LogP) is 4.68. The van der Waals surface area contributed by atoms with Crippen LogP contribution in [0.4, 0.5) is 5.69 Å². The normalized spacial score (nSPS) is 10.6. The van der Waals surface area contributed by atoms with Gasteiger partial charge >= 0.3 is 0 Å². The molecule has 0 aliphatic carbocycles. The van der Waals surface area contributed by atoms with E-state index in [-0.39, 0.29) is 11.5 Å². The molecule has 0 spiro atoms. The van der Waals surface area contributed by atoms with Gasteiger partial charge in [0.25, 0.3) is 11.5 Å². The SMILES string of the molecule is Cc1ccc(NC(=O)c2ccc(-n3nc(OCc4cccc(C)c4)ccc3=O)cc2)cc1. The molecule has 0 aliphatic rings. The number of aromatic nitrogens is 2. The van der Waals surface area contributed by atoms with Crippen molar-refractivity contribution in [1.82, 2.24) is 9.78 Å². The minimum absolute atomic E-state index is 0.226. The van der Waals surface area contributed by atoms with Crippen molar-refractivity contribution in [1.29, 1.82) is 0 Å². The zero-order valence-corrected chi connectivity index (χ0v) is 17.9. The number of carbonyl (C=O) groups excluding carboxylic acids is 1. The van der Waals surface area contributed by atoms with Gasteiger partial charge < -0.3 is 10.1 Å². The van der Waals surface area contributed by atoms with Crippen LogP contribution in [0.15, 0.2) is 89.7 Å². The summed E-state index contributed by atoms with van der Waals surface area (Å²) < 4.78 is 7.02. The smallest absolute Gasteiger partial charge is 0.271 e. The molecular weight excluding hydrogens is 402 g/mol. The van der Waals surface area contributed by atoms with Crippen molar-refractivity contribution in [3.8, 4) is 11.6 Å². The number of hydrogen-bond donors (Lipinski definition) is 1. The van der Waals surface area contributed by atoms with Gasteiger partial charge in [0.1, 0.15) is 6.61 Å². The summed E-state index contributed by atoms with van der Waals surface area (Å²) in [6, 6.07) is 25.2. The summed E-state index contributed by atoms with van der Waals surface area (Å²) in [5.41, 5.74) is 4.75. The molecule has 1 aromatic heterocycles. The number of rotatable bonds is 6. The molecule has 4 aromatic rings. The summed E-state index contributed by atoms with van der Waals surface area (Å²) in [7, 11) is 0. The number of nitrogens with zero attached hydrogens (tertiary/aromatic N) is 2. The first-order chi connectivity index (χ1) is 15.5. The van der Waals surface area contributed by atoms with Gasteiger partial charge in [-0.05, 0) is 55.8 Å². The van der Waals surface area contributed by atoms with Crippen molar-refractivity contribution in [2.75, 3.05) is 5.32 Å². The highest BCUT2D eigenvalue weighted by molar-refractivity contribution is 6.04. The third kappa shape index (κ3) is 5.10. The first kappa shape index (κ1) is 21.1. The van der Waals surface area contributed by atoms with Gasteiger partial charge in [0.2, 0.25) is 5.88 Å². The highest BCUT2D eigenvalue weighted by atomic mass is 16.5. The fourth-order valence-electron chi connectivity index (χ4n) is 3.21. The Labute approximate surface area is 186 Å². The Morgan fingerprint density at radius 1 is 0.906 bits per heavy atom. The molecule has 3 aromatic carbocycles. The molecular formula is C26H23N3O3. The average Bonchev–Trinajstić information content (AvgIpc) is 2.80. The molecule has 1 N–H and O–H groups in total. The second-order valence-corrected chi connectivity index (χ2v) is 7.57. The molecule has 0 unspecified atom stereocenters. The summed E-state index contributed by atoms with van der Waals surface area (Å²) in [5, 5.41) is 7.17. The molecule has 0 atom stereocenters. The summed E-state index contributed by atoms with van der Waals surface area (Å²) in [6.07, 6.45) is 0. The Bertz CT molecular complexity index is 1290. The fourth-order valence-corrected chi connectivity index (χ4v) is 3.21. The quantitative estimate of drug-likeness (QED) is 0.487. The van der Waals surface area contributed by atoms with Crippen LogP contribution in [0.3, 0.4) is 0 Å². The van der Waals surface area contributed by atoms with Crippen LogP contribution in [0.5, 0.6) is 5.88 Å². The molecule has 1 heterocycles. The number of benzene rings is 3. The molecule has 32 heavy (non-hydrogen) atoms. The van der Waals surface area contributed by atoms with E-state index in [4.69, 9.17) is 4.74 Å². The first-order valence-electron chi connectivity index (χ1n) is 10.3. The lowest BCUT2D eigenvalue weighted by molar-refractivity contribution is 0.102. The van der Waals surface area contributed by atoms with Gasteiger partial charge in [0.05, 0.1) is 5.69 Å². The number of hydrogen-bond acceptors (Lipinski definition) is 4. The van der Waals surface area contributed by atoms with E-state index in [1.165, 1.54) is 10.7 Å². The third-order valence-corrected chi connectivity index (χ3v) is 4.93. The lowest BCUT2D eigenvalue weighted by Gasteiger charge is -2.10. The second-order valence-electron chi connectivity index (χ2n) is 7.57. The molecule has 4 rings (SSSR count). The molecule has 0 bridgehead atoms. The minimum Gasteiger partial charge on any atom is -0.472 e. The van der Waals surface area contributed by atoms with E-state index in [0.717, 1.165) is 22.4 Å². The van der Waals surface area contributed by atoms with Crippen molar-refractivity contribution >= 4 is 11.6 Å². The zero-order chi connectivity index (χ0) is 22.5. The molecule has 6 nitrogen and oxygen atoms in total. The highest BCUT2D eigenvalue weighted by Gasteiger charge is 2.09. The van der Waals surface area contributed by atoms with Crippen LogP contribution in [0.1, 0.15) is 27.0 Å². The van der Waals surface area contributed by atoms with Crippen molar-refractivity contribution in [2.45, 2.75) is 20.5 Å². The van der Waals surface area contributed by atoms with Gasteiger partial charge in [0, 0.05) is 23.4 Å². The Hall–Kier alpha value is -4.19. The maximum Gasteiger partial charge on any atom is 0.271 e. The highest BCUT2D eigenvalue weighted by Crippen LogP contribution is 2.14. The molecule has 1 amide bonds. The van der Waals surface area contributed by atoms with Gasteiger partial charge in [-0.2, -0.15) is 4.68 Å². The van der Waals surface area contributed by atoms with E-state index in [0.29, 0.717) is 23.7 Å². The summed E-state index contributed by atoms with van der Waals surface area (Å²) in [4.78, 5) is 24.8. The summed E-state index contributed by atoms with van der Waals surface area (Å²) in [6.45, 7) is 4.36. The van der Waals surface area contributed by atoms with E-state index >= 15 is 0 Å². The van der Waals surface area contributed by atoms with Crippen LogP contribution in [-0.2, 0) is 6.61 Å². The van der Waals surface area contributed by atoms with Crippen LogP contribution in [0.2, 0.25) is 0 Å². The van der Waals surface area contributed by atoms with Gasteiger partial charge in [-0.1, -0.05) is 47.5 Å². The zero-order valence-electron chi connectivity index (χ0n) is 17.9. The van der Waals surface area contributed by atoms with Crippen molar-refractivity contribution < 1.29 is 9.53 Å². The Balaban J connectivity index is 1.48. The van der Waals surface area contributed by atoms with E-state index < -0.39 is 0 Å². The number of carbonyl (C=O) groups is 1. The Kier molecular flexibility index (Phi) is 6.12. The second kappa shape index (κ2) is 9.31. The molecule has 0 aliphatic heterocycles. The van der Waals surface area contributed by atoms with E-state index in [1.54, 1.807) is 30.3 Å². The molecule has 6 heteroatoms. The van der Waals surface area contributed by atoms with Crippen molar-refractivity contribution in [3.05, 3.63) is 118 Å². The van der Waals surface area contributed by atoms with Crippen LogP contribution in [-0.4, -0.2) is 15.7 Å². The summed E-state index contributed by atoms with van der Waals surface area (Å²) >= 11 is 0. The maximum atomic E-state index is 12.5. The summed E-state index contributed by atoms with van der Waals surface area (Å²) in [5.74, 6) is 0.114. The van der Waals surface area contributed by atoms with Crippen LogP contribution >= 0.6 is 0 Å². The minimum atomic E-state index is -0.287. The monoisotopic (exact) mass is 425 g/mol. The molecule has 0 fully saturated rings. The lowest BCUT2D eigenvalue weighted by atomic mass is 10.1. The van der Waals surface area contributed by atoms with Crippen LogP contribution < -0.4 is 15.6 Å². The molecule has 0 saturated carbocycles. The molecule has 0 saturated heterocycles. The molecule has 160 valence electrons. The third-order valence-electron chi connectivity index (χ3n) is 4.93.